The largest absolute Gasteiger partial charge is 0.481 e. The maximum Gasteiger partial charge on any atom is 0.305 e. The zero-order valence-corrected chi connectivity index (χ0v) is 10.6. The second-order valence-corrected chi connectivity index (χ2v) is 4.79. The van der Waals surface area contributed by atoms with Crippen molar-refractivity contribution in [2.45, 2.75) is 25.3 Å². The summed E-state index contributed by atoms with van der Waals surface area (Å²) in [5, 5.41) is 31.6. The SMILES string of the molecule is N#Cc1ccc(NC(CC(=O)O)C2CC2)cc1[N+](=O)[O-]. The number of carbonyl (C=O) groups is 1. The smallest absolute Gasteiger partial charge is 0.305 e. The number of nitrogens with zero attached hydrogens (tertiary/aromatic N) is 2. The summed E-state index contributed by atoms with van der Waals surface area (Å²) in [6, 6.07) is 5.72. The molecule has 0 aromatic heterocycles. The maximum atomic E-state index is 10.9. The third-order valence-corrected chi connectivity index (χ3v) is 3.25. The van der Waals surface area contributed by atoms with Crippen LogP contribution in [-0.4, -0.2) is 22.0 Å². The number of carboxylic acid groups (broad SMARTS) is 1. The molecule has 1 aromatic rings. The highest BCUT2D eigenvalue weighted by molar-refractivity contribution is 5.69. The Kier molecular flexibility index (Phi) is 3.84. The normalized spacial score (nSPS) is 15.2. The van der Waals surface area contributed by atoms with Crippen molar-refractivity contribution in [3.05, 3.63) is 33.9 Å². The first-order valence-electron chi connectivity index (χ1n) is 6.18. The first-order chi connectivity index (χ1) is 9.51. The van der Waals surface area contributed by atoms with Gasteiger partial charge in [-0.3, -0.25) is 14.9 Å². The molecule has 0 aliphatic heterocycles. The molecule has 0 amide bonds. The van der Waals surface area contributed by atoms with Crippen molar-refractivity contribution < 1.29 is 14.8 Å². The number of rotatable bonds is 6. The lowest BCUT2D eigenvalue weighted by atomic mass is 10.1. The number of nitro groups is 1. The average molecular weight is 275 g/mol. The molecule has 1 unspecified atom stereocenters. The molecule has 2 N–H and O–H groups in total. The third-order valence-electron chi connectivity index (χ3n) is 3.25. The topological polar surface area (TPSA) is 116 Å². The quantitative estimate of drug-likeness (QED) is 0.606. The first kappa shape index (κ1) is 13.8. The summed E-state index contributed by atoms with van der Waals surface area (Å²) in [4.78, 5) is 21.1. The Labute approximate surface area is 115 Å². The standard InChI is InChI=1S/C13H13N3O4/c14-7-9-3-4-10(5-12(9)16(19)20)15-11(6-13(17)18)8-1-2-8/h3-5,8,11,15H,1-2,6H2,(H,17,18). The van der Waals surface area contributed by atoms with Crippen molar-refractivity contribution >= 4 is 17.3 Å². The van der Waals surface area contributed by atoms with Gasteiger partial charge in [-0.15, -0.1) is 0 Å². The Morgan fingerprint density at radius 3 is 2.80 bits per heavy atom. The molecule has 7 nitrogen and oxygen atoms in total. The Morgan fingerprint density at radius 1 is 1.60 bits per heavy atom. The van der Waals surface area contributed by atoms with E-state index in [9.17, 15) is 14.9 Å². The van der Waals surface area contributed by atoms with E-state index >= 15 is 0 Å². The van der Waals surface area contributed by atoms with Crippen molar-refractivity contribution in [3.63, 3.8) is 0 Å². The van der Waals surface area contributed by atoms with Gasteiger partial charge in [-0.1, -0.05) is 0 Å². The van der Waals surface area contributed by atoms with Crippen LogP contribution in [0.2, 0.25) is 0 Å². The lowest BCUT2D eigenvalue weighted by Crippen LogP contribution is -2.25. The number of benzene rings is 1. The molecule has 7 heteroatoms. The summed E-state index contributed by atoms with van der Waals surface area (Å²) >= 11 is 0. The number of carboxylic acids is 1. The van der Waals surface area contributed by atoms with Gasteiger partial charge in [0.15, 0.2) is 0 Å². The molecule has 2 rings (SSSR count). The molecule has 20 heavy (non-hydrogen) atoms. The van der Waals surface area contributed by atoms with Gasteiger partial charge in [0.1, 0.15) is 11.6 Å². The van der Waals surface area contributed by atoms with Crippen molar-refractivity contribution in [2.75, 3.05) is 5.32 Å². The number of nitrogens with one attached hydrogen (secondary N) is 1. The Hall–Kier alpha value is -2.62. The van der Waals surface area contributed by atoms with Crippen LogP contribution in [0.15, 0.2) is 18.2 Å². The second kappa shape index (κ2) is 5.57. The fraction of sp³-hybridized carbons (Fsp3) is 0.385. The predicted molar refractivity (Wildman–Crippen MR) is 70.2 cm³/mol. The van der Waals surface area contributed by atoms with Gasteiger partial charge < -0.3 is 10.4 Å². The Bertz CT molecular complexity index is 590. The summed E-state index contributed by atoms with van der Waals surface area (Å²) in [5.74, 6) is -0.613. The summed E-state index contributed by atoms with van der Waals surface area (Å²) < 4.78 is 0. The second-order valence-electron chi connectivity index (χ2n) is 4.79. The molecule has 0 heterocycles. The maximum absolute atomic E-state index is 10.9. The predicted octanol–water partition coefficient (Wildman–Crippen LogP) is 2.13. The molecule has 104 valence electrons. The Morgan fingerprint density at radius 2 is 2.30 bits per heavy atom. The van der Waals surface area contributed by atoms with Crippen LogP contribution in [0.1, 0.15) is 24.8 Å². The Balaban J connectivity index is 2.20. The van der Waals surface area contributed by atoms with Crippen LogP contribution in [-0.2, 0) is 4.79 Å². The van der Waals surface area contributed by atoms with E-state index in [0.717, 1.165) is 12.8 Å². The molecule has 1 atom stereocenters. The summed E-state index contributed by atoms with van der Waals surface area (Å²) in [6.07, 6.45) is 1.89. The molecule has 1 aliphatic carbocycles. The van der Waals surface area contributed by atoms with E-state index in [4.69, 9.17) is 10.4 Å². The van der Waals surface area contributed by atoms with E-state index in [1.54, 1.807) is 12.1 Å². The van der Waals surface area contributed by atoms with Gasteiger partial charge in [-0.2, -0.15) is 5.26 Å². The van der Waals surface area contributed by atoms with Crippen LogP contribution in [0.5, 0.6) is 0 Å². The molecular formula is C13H13N3O4. The number of aliphatic carboxylic acids is 1. The lowest BCUT2D eigenvalue weighted by molar-refractivity contribution is -0.385. The molecule has 1 aliphatic rings. The third kappa shape index (κ3) is 3.23. The van der Waals surface area contributed by atoms with Crippen LogP contribution < -0.4 is 5.32 Å². The van der Waals surface area contributed by atoms with Gasteiger partial charge in [0.25, 0.3) is 5.69 Å². The van der Waals surface area contributed by atoms with Gasteiger partial charge in [-0.25, -0.2) is 0 Å². The molecule has 1 saturated carbocycles. The number of hydrogen-bond donors (Lipinski definition) is 2. The zero-order valence-electron chi connectivity index (χ0n) is 10.6. The monoisotopic (exact) mass is 275 g/mol. The highest BCUT2D eigenvalue weighted by Gasteiger charge is 2.33. The lowest BCUT2D eigenvalue weighted by Gasteiger charge is -2.17. The van der Waals surface area contributed by atoms with E-state index in [1.807, 2.05) is 0 Å². The van der Waals surface area contributed by atoms with Gasteiger partial charge in [0.05, 0.1) is 11.3 Å². The molecular weight excluding hydrogens is 262 g/mol. The minimum Gasteiger partial charge on any atom is -0.481 e. The molecule has 1 fully saturated rings. The molecule has 0 saturated heterocycles. The highest BCUT2D eigenvalue weighted by atomic mass is 16.6. The van der Waals surface area contributed by atoms with Gasteiger partial charge in [-0.05, 0) is 30.9 Å². The van der Waals surface area contributed by atoms with Gasteiger partial charge in [0.2, 0.25) is 0 Å². The molecule has 1 aromatic carbocycles. The van der Waals surface area contributed by atoms with E-state index in [1.165, 1.54) is 12.1 Å². The number of anilines is 1. The van der Waals surface area contributed by atoms with E-state index in [2.05, 4.69) is 5.32 Å². The van der Waals surface area contributed by atoms with E-state index in [0.29, 0.717) is 11.6 Å². The fourth-order valence-electron chi connectivity index (χ4n) is 2.10. The van der Waals surface area contributed by atoms with Gasteiger partial charge in [0, 0.05) is 17.8 Å². The summed E-state index contributed by atoms with van der Waals surface area (Å²) in [6.45, 7) is 0. The molecule has 0 bridgehead atoms. The van der Waals surface area contributed by atoms with Crippen LogP contribution in [0.3, 0.4) is 0 Å². The number of hydrogen-bond acceptors (Lipinski definition) is 5. The van der Waals surface area contributed by atoms with Crippen molar-refractivity contribution in [1.29, 1.82) is 5.26 Å². The minimum absolute atomic E-state index is 0.0123. The first-order valence-corrected chi connectivity index (χ1v) is 6.18. The fourth-order valence-corrected chi connectivity index (χ4v) is 2.10. The summed E-state index contributed by atoms with van der Waals surface area (Å²) in [7, 11) is 0. The molecule has 0 spiro atoms. The summed E-state index contributed by atoms with van der Waals surface area (Å²) in [5.41, 5.74) is 0.179. The van der Waals surface area contributed by atoms with Crippen LogP contribution >= 0.6 is 0 Å². The van der Waals surface area contributed by atoms with Crippen LogP contribution in [0, 0.1) is 27.4 Å². The number of nitriles is 1. The van der Waals surface area contributed by atoms with Crippen molar-refractivity contribution in [2.24, 2.45) is 5.92 Å². The van der Waals surface area contributed by atoms with Crippen molar-refractivity contribution in [1.82, 2.24) is 0 Å². The zero-order chi connectivity index (χ0) is 14.7. The highest BCUT2D eigenvalue weighted by Crippen LogP contribution is 2.36. The van der Waals surface area contributed by atoms with Crippen LogP contribution in [0.25, 0.3) is 0 Å². The van der Waals surface area contributed by atoms with Crippen molar-refractivity contribution in [3.8, 4) is 6.07 Å². The van der Waals surface area contributed by atoms with Crippen LogP contribution in [0.4, 0.5) is 11.4 Å². The van der Waals surface area contributed by atoms with Gasteiger partial charge >= 0.3 is 5.97 Å². The van der Waals surface area contributed by atoms with E-state index in [-0.39, 0.29) is 23.7 Å². The average Bonchev–Trinajstić information content (AvgIpc) is 3.21. The minimum atomic E-state index is -0.905. The number of nitro benzene ring substituents is 1. The molecule has 0 radical (unpaired) electrons. The van der Waals surface area contributed by atoms with E-state index < -0.39 is 10.9 Å².